The molecule has 7 heteroatoms. The van der Waals surface area contributed by atoms with Crippen LogP contribution in [0.3, 0.4) is 0 Å². The van der Waals surface area contributed by atoms with Crippen molar-refractivity contribution in [3.63, 3.8) is 0 Å². The second kappa shape index (κ2) is 4.47. The quantitative estimate of drug-likeness (QED) is 0.626. The van der Waals surface area contributed by atoms with Crippen LogP contribution in [0.5, 0.6) is 0 Å². The molecule has 1 atom stereocenters. The van der Waals surface area contributed by atoms with Crippen molar-refractivity contribution >= 4 is 17.9 Å². The lowest BCUT2D eigenvalue weighted by atomic mass is 9.96. The van der Waals surface area contributed by atoms with Crippen molar-refractivity contribution in [3.8, 4) is 0 Å². The third-order valence-corrected chi connectivity index (χ3v) is 3.53. The van der Waals surface area contributed by atoms with Gasteiger partial charge in [0.25, 0.3) is 0 Å². The maximum atomic E-state index is 12.0. The average molecular weight is 255 g/mol. The highest BCUT2D eigenvalue weighted by atomic mass is 16.4. The fraction of sp³-hybridized carbons (Fsp3) is 0.727. The molecule has 2 aliphatic rings. The molecule has 1 unspecified atom stereocenters. The molecule has 0 radical (unpaired) electrons. The fourth-order valence-electron chi connectivity index (χ4n) is 2.10. The summed E-state index contributed by atoms with van der Waals surface area (Å²) < 4.78 is 0. The van der Waals surface area contributed by atoms with Gasteiger partial charge in [-0.05, 0) is 25.7 Å². The van der Waals surface area contributed by atoms with Gasteiger partial charge in [0.05, 0.1) is 0 Å². The number of carbonyl (C=O) groups is 3. The van der Waals surface area contributed by atoms with Gasteiger partial charge in [-0.1, -0.05) is 0 Å². The summed E-state index contributed by atoms with van der Waals surface area (Å²) in [4.78, 5) is 35.8. The summed E-state index contributed by atoms with van der Waals surface area (Å²) >= 11 is 0. The summed E-state index contributed by atoms with van der Waals surface area (Å²) in [6.45, 7) is 2.30. The number of aliphatic carboxylic acids is 1. The number of hydrogen-bond donors (Lipinski definition) is 3. The van der Waals surface area contributed by atoms with Gasteiger partial charge in [0.2, 0.25) is 5.91 Å². The number of piperazine rings is 1. The molecule has 2 rings (SSSR count). The van der Waals surface area contributed by atoms with E-state index >= 15 is 0 Å². The van der Waals surface area contributed by atoms with Gasteiger partial charge in [-0.2, -0.15) is 0 Å². The number of urea groups is 1. The fourth-order valence-corrected chi connectivity index (χ4v) is 2.10. The number of carboxylic acid groups (broad SMARTS) is 1. The molecule has 1 aliphatic heterocycles. The van der Waals surface area contributed by atoms with Crippen molar-refractivity contribution in [1.29, 1.82) is 0 Å². The number of rotatable bonds is 3. The number of nitrogens with one attached hydrogen (secondary N) is 2. The topological polar surface area (TPSA) is 98.7 Å². The Morgan fingerprint density at radius 2 is 2.17 bits per heavy atom. The summed E-state index contributed by atoms with van der Waals surface area (Å²) in [5, 5.41) is 14.4. The maximum Gasteiger partial charge on any atom is 0.329 e. The predicted octanol–water partition coefficient (Wildman–Crippen LogP) is -0.619. The number of nitrogens with zero attached hydrogens (tertiary/aromatic N) is 1. The van der Waals surface area contributed by atoms with E-state index in [0.29, 0.717) is 13.1 Å². The lowest BCUT2D eigenvalue weighted by molar-refractivity contribution is -0.144. The average Bonchev–Trinajstić information content (AvgIpc) is 3.12. The Morgan fingerprint density at radius 1 is 1.50 bits per heavy atom. The molecule has 0 bridgehead atoms. The van der Waals surface area contributed by atoms with Gasteiger partial charge in [0.1, 0.15) is 12.1 Å². The van der Waals surface area contributed by atoms with Crippen molar-refractivity contribution in [2.45, 2.75) is 25.3 Å². The molecule has 2 fully saturated rings. The zero-order valence-electron chi connectivity index (χ0n) is 10.2. The van der Waals surface area contributed by atoms with Crippen molar-refractivity contribution in [1.82, 2.24) is 15.5 Å². The molecule has 1 saturated carbocycles. The minimum absolute atomic E-state index is 0.0161. The van der Waals surface area contributed by atoms with E-state index in [1.165, 1.54) is 11.8 Å². The Morgan fingerprint density at radius 3 is 2.67 bits per heavy atom. The smallest absolute Gasteiger partial charge is 0.329 e. The minimum Gasteiger partial charge on any atom is -0.480 e. The van der Waals surface area contributed by atoms with Crippen molar-refractivity contribution in [2.75, 3.05) is 19.6 Å². The van der Waals surface area contributed by atoms with Crippen LogP contribution in [0.2, 0.25) is 0 Å². The molecule has 0 spiro atoms. The third-order valence-electron chi connectivity index (χ3n) is 3.53. The van der Waals surface area contributed by atoms with Crippen molar-refractivity contribution in [3.05, 3.63) is 0 Å². The van der Waals surface area contributed by atoms with Crippen LogP contribution in [-0.2, 0) is 9.59 Å². The molecule has 3 N–H and O–H groups in total. The van der Waals surface area contributed by atoms with E-state index in [2.05, 4.69) is 10.6 Å². The predicted molar refractivity (Wildman–Crippen MR) is 61.9 cm³/mol. The molecule has 1 heterocycles. The molecule has 0 aromatic rings. The van der Waals surface area contributed by atoms with Gasteiger partial charge in [-0.3, -0.25) is 4.79 Å². The van der Waals surface area contributed by atoms with Crippen LogP contribution in [0.15, 0.2) is 0 Å². The Labute approximate surface area is 105 Å². The molecule has 0 aromatic carbocycles. The van der Waals surface area contributed by atoms with Gasteiger partial charge in [-0.15, -0.1) is 0 Å². The monoisotopic (exact) mass is 255 g/mol. The summed E-state index contributed by atoms with van der Waals surface area (Å²) in [6.07, 6.45) is 1.62. The molecule has 7 nitrogen and oxygen atoms in total. The maximum absolute atomic E-state index is 12.0. The highest BCUT2D eigenvalue weighted by Gasteiger charge is 2.49. The molecule has 0 aromatic heterocycles. The van der Waals surface area contributed by atoms with E-state index in [0.717, 1.165) is 12.8 Å². The molecular weight excluding hydrogens is 238 g/mol. The first kappa shape index (κ1) is 12.7. The molecule has 3 amide bonds. The molecular formula is C11H17N3O4. The second-order valence-corrected chi connectivity index (χ2v) is 4.98. The van der Waals surface area contributed by atoms with Crippen molar-refractivity contribution in [2.24, 2.45) is 5.92 Å². The van der Waals surface area contributed by atoms with Gasteiger partial charge >= 0.3 is 12.0 Å². The first-order valence-electron chi connectivity index (χ1n) is 6.00. The molecule has 100 valence electrons. The highest BCUT2D eigenvalue weighted by Crippen LogP contribution is 2.39. The largest absolute Gasteiger partial charge is 0.480 e. The normalized spacial score (nSPS) is 22.9. The van der Waals surface area contributed by atoms with E-state index in [-0.39, 0.29) is 18.4 Å². The summed E-state index contributed by atoms with van der Waals surface area (Å²) in [5.74, 6) is -1.27. The van der Waals surface area contributed by atoms with Gasteiger partial charge in [-0.25, -0.2) is 9.59 Å². The van der Waals surface area contributed by atoms with E-state index in [1.54, 1.807) is 0 Å². The van der Waals surface area contributed by atoms with E-state index in [9.17, 15) is 19.5 Å². The van der Waals surface area contributed by atoms with Crippen LogP contribution >= 0.6 is 0 Å². The van der Waals surface area contributed by atoms with Gasteiger partial charge < -0.3 is 20.6 Å². The molecule has 1 saturated heterocycles. The van der Waals surface area contributed by atoms with Crippen LogP contribution in [0.25, 0.3) is 0 Å². The summed E-state index contributed by atoms with van der Waals surface area (Å²) in [7, 11) is 0. The third kappa shape index (κ3) is 2.39. The van der Waals surface area contributed by atoms with E-state index in [1.807, 2.05) is 0 Å². The zero-order chi connectivity index (χ0) is 13.3. The lowest BCUT2D eigenvalue weighted by Gasteiger charge is -2.32. The minimum atomic E-state index is -1.23. The summed E-state index contributed by atoms with van der Waals surface area (Å²) in [5.41, 5.74) is -1.23. The second-order valence-electron chi connectivity index (χ2n) is 4.98. The number of carboxylic acids is 1. The first-order valence-corrected chi connectivity index (χ1v) is 6.00. The SMILES string of the molecule is CC(NC(=O)N1CCNC(=O)C1)(C(=O)O)C1CC1. The zero-order valence-corrected chi connectivity index (χ0v) is 10.2. The highest BCUT2D eigenvalue weighted by molar-refractivity contribution is 5.89. The van der Waals surface area contributed by atoms with Gasteiger partial charge in [0.15, 0.2) is 0 Å². The van der Waals surface area contributed by atoms with Crippen LogP contribution < -0.4 is 10.6 Å². The Hall–Kier alpha value is -1.79. The molecule has 18 heavy (non-hydrogen) atoms. The summed E-state index contributed by atoms with van der Waals surface area (Å²) in [6, 6.07) is -0.485. The van der Waals surface area contributed by atoms with Gasteiger partial charge in [0, 0.05) is 13.1 Å². The van der Waals surface area contributed by atoms with Crippen LogP contribution in [0.4, 0.5) is 4.79 Å². The number of hydrogen-bond acceptors (Lipinski definition) is 3. The number of carbonyl (C=O) groups excluding carboxylic acids is 2. The van der Waals surface area contributed by atoms with Crippen LogP contribution in [-0.4, -0.2) is 53.1 Å². The Bertz CT molecular complexity index is 394. The Kier molecular flexibility index (Phi) is 3.14. The van der Waals surface area contributed by atoms with Crippen molar-refractivity contribution < 1.29 is 19.5 Å². The van der Waals surface area contributed by atoms with Crippen LogP contribution in [0, 0.1) is 5.92 Å². The first-order chi connectivity index (χ1) is 8.43. The molecule has 1 aliphatic carbocycles. The number of amides is 3. The Balaban J connectivity index is 2.00. The van der Waals surface area contributed by atoms with E-state index in [4.69, 9.17) is 0 Å². The van der Waals surface area contributed by atoms with E-state index < -0.39 is 17.5 Å². The standard InChI is InChI=1S/C11H17N3O4/c1-11(9(16)17,7-2-3-7)13-10(18)14-5-4-12-8(15)6-14/h7H,2-6H2,1H3,(H,12,15)(H,13,18)(H,16,17). The lowest BCUT2D eigenvalue weighted by Crippen LogP contribution is -2.60. The van der Waals surface area contributed by atoms with Crippen LogP contribution in [0.1, 0.15) is 19.8 Å².